The molecule has 0 aliphatic carbocycles. The molecule has 4 aliphatic rings. The number of nitrogens with zero attached hydrogens (tertiary/aromatic N) is 2. The van der Waals surface area contributed by atoms with Gasteiger partial charge in [0.15, 0.2) is 6.10 Å². The second kappa shape index (κ2) is 12.4. The van der Waals surface area contributed by atoms with Gasteiger partial charge in [-0.05, 0) is 56.0 Å². The molecule has 202 valence electrons. The molecule has 4 aliphatic heterocycles. The molecular formula is C31H43BrN2O3. The number of rotatable bonds is 9. The number of piperidine rings is 4. The zero-order valence-electron chi connectivity index (χ0n) is 22.3. The van der Waals surface area contributed by atoms with Gasteiger partial charge in [-0.2, -0.15) is 0 Å². The number of likely N-dealkylation sites (tertiary alicyclic amines) is 1. The van der Waals surface area contributed by atoms with E-state index in [0.29, 0.717) is 12.3 Å². The number of aliphatic hydroxyl groups is 1. The van der Waals surface area contributed by atoms with Gasteiger partial charge in [-0.25, -0.2) is 4.79 Å². The van der Waals surface area contributed by atoms with Gasteiger partial charge in [0.05, 0.1) is 19.6 Å². The number of quaternary nitrogens is 1. The van der Waals surface area contributed by atoms with Gasteiger partial charge in [-0.15, -0.1) is 0 Å². The Morgan fingerprint density at radius 3 is 2.22 bits per heavy atom. The SMILES string of the molecule is C[C@](C(=O)O[C@H]1C[N+]2(CCc3ccc(CCO)cc3)CCC1CC2)(c1ccccc1)N1CCCCC1.[Br-]. The first-order valence-electron chi connectivity index (χ1n) is 14.1. The fourth-order valence-corrected chi connectivity index (χ4v) is 6.82. The smallest absolute Gasteiger partial charge is 0.331 e. The van der Waals surface area contributed by atoms with Crippen molar-refractivity contribution < 1.29 is 36.1 Å². The summed E-state index contributed by atoms with van der Waals surface area (Å²) < 4.78 is 7.57. The minimum Gasteiger partial charge on any atom is -1.00 e. The van der Waals surface area contributed by atoms with Crippen LogP contribution in [0.4, 0.5) is 0 Å². The molecule has 0 spiro atoms. The number of ether oxygens (including phenoxy) is 1. The molecule has 4 fully saturated rings. The lowest BCUT2D eigenvalue weighted by atomic mass is 9.82. The molecule has 37 heavy (non-hydrogen) atoms. The largest absolute Gasteiger partial charge is 1.00 e. The van der Waals surface area contributed by atoms with E-state index < -0.39 is 5.54 Å². The molecule has 2 bridgehead atoms. The van der Waals surface area contributed by atoms with E-state index in [1.165, 1.54) is 30.6 Å². The van der Waals surface area contributed by atoms with Crippen molar-refractivity contribution in [2.45, 2.75) is 63.5 Å². The molecule has 4 saturated heterocycles. The maximum Gasteiger partial charge on any atom is 0.331 e. The zero-order valence-corrected chi connectivity index (χ0v) is 23.9. The highest BCUT2D eigenvalue weighted by atomic mass is 79.9. The highest BCUT2D eigenvalue weighted by Crippen LogP contribution is 2.39. The molecule has 2 aromatic carbocycles. The van der Waals surface area contributed by atoms with Gasteiger partial charge in [0.25, 0.3) is 0 Å². The number of aliphatic hydroxyl groups excluding tert-OH is 1. The summed E-state index contributed by atoms with van der Waals surface area (Å²) in [5.74, 6) is 0.431. The minimum absolute atomic E-state index is 0. The van der Waals surface area contributed by atoms with Crippen LogP contribution in [-0.2, 0) is 27.9 Å². The van der Waals surface area contributed by atoms with Crippen LogP contribution in [0.3, 0.4) is 0 Å². The molecule has 0 saturated carbocycles. The topological polar surface area (TPSA) is 49.8 Å². The van der Waals surface area contributed by atoms with Crippen LogP contribution in [0.5, 0.6) is 0 Å². The Hall–Kier alpha value is -1.73. The molecule has 6 heteroatoms. The molecule has 0 aromatic heterocycles. The van der Waals surface area contributed by atoms with Gasteiger partial charge < -0.3 is 31.3 Å². The first kappa shape index (κ1) is 28.3. The summed E-state index contributed by atoms with van der Waals surface area (Å²) in [5.41, 5.74) is 2.86. The Kier molecular flexibility index (Phi) is 9.49. The van der Waals surface area contributed by atoms with E-state index in [0.717, 1.165) is 68.3 Å². The number of halogens is 1. The molecule has 0 radical (unpaired) electrons. The fraction of sp³-hybridized carbons (Fsp3) is 0.581. The highest BCUT2D eigenvalue weighted by Gasteiger charge is 2.50. The van der Waals surface area contributed by atoms with Crippen LogP contribution in [0.15, 0.2) is 54.6 Å². The fourth-order valence-electron chi connectivity index (χ4n) is 6.82. The van der Waals surface area contributed by atoms with Crippen molar-refractivity contribution in [1.29, 1.82) is 0 Å². The normalized spacial score (nSPS) is 27.2. The van der Waals surface area contributed by atoms with Crippen molar-refractivity contribution in [3.63, 3.8) is 0 Å². The summed E-state index contributed by atoms with van der Waals surface area (Å²) in [6.07, 6.45) is 7.60. The number of fused-ring (bicyclic) bond motifs is 3. The van der Waals surface area contributed by atoms with Crippen molar-refractivity contribution in [2.24, 2.45) is 5.92 Å². The van der Waals surface area contributed by atoms with Crippen LogP contribution in [0.25, 0.3) is 0 Å². The Labute approximate surface area is 233 Å². The zero-order chi connectivity index (χ0) is 25.0. The first-order chi connectivity index (χ1) is 17.5. The summed E-state index contributed by atoms with van der Waals surface area (Å²) in [6.45, 7) is 8.63. The summed E-state index contributed by atoms with van der Waals surface area (Å²) in [6, 6.07) is 19.0. The van der Waals surface area contributed by atoms with Gasteiger partial charge in [-0.3, -0.25) is 4.90 Å². The van der Waals surface area contributed by atoms with E-state index in [1.807, 2.05) is 18.2 Å². The van der Waals surface area contributed by atoms with Gasteiger partial charge >= 0.3 is 5.97 Å². The molecule has 0 amide bonds. The third kappa shape index (κ3) is 6.13. The number of esters is 1. The minimum atomic E-state index is -0.727. The first-order valence-corrected chi connectivity index (χ1v) is 14.1. The van der Waals surface area contributed by atoms with E-state index in [1.54, 1.807) is 0 Å². The van der Waals surface area contributed by atoms with Crippen LogP contribution in [0.2, 0.25) is 0 Å². The van der Waals surface area contributed by atoms with E-state index in [9.17, 15) is 4.79 Å². The van der Waals surface area contributed by atoms with E-state index in [4.69, 9.17) is 9.84 Å². The monoisotopic (exact) mass is 570 g/mol. The van der Waals surface area contributed by atoms with Gasteiger partial charge in [-0.1, -0.05) is 61.0 Å². The summed E-state index contributed by atoms with van der Waals surface area (Å²) >= 11 is 0. The van der Waals surface area contributed by atoms with E-state index >= 15 is 0 Å². The molecule has 1 N–H and O–H groups in total. The Bertz CT molecular complexity index is 1000. The maximum atomic E-state index is 14.0. The average Bonchev–Trinajstić information content (AvgIpc) is 2.94. The van der Waals surface area contributed by atoms with Crippen molar-refractivity contribution in [1.82, 2.24) is 4.90 Å². The number of carbonyl (C=O) groups is 1. The quantitative estimate of drug-likeness (QED) is 0.365. The highest BCUT2D eigenvalue weighted by molar-refractivity contribution is 5.82. The Morgan fingerprint density at radius 2 is 1.59 bits per heavy atom. The molecule has 4 heterocycles. The molecule has 0 unspecified atom stereocenters. The lowest BCUT2D eigenvalue weighted by molar-refractivity contribution is -0.946. The van der Waals surface area contributed by atoms with Gasteiger partial charge in [0.1, 0.15) is 12.1 Å². The Morgan fingerprint density at radius 1 is 0.973 bits per heavy atom. The summed E-state index contributed by atoms with van der Waals surface area (Å²) in [7, 11) is 0. The predicted molar refractivity (Wildman–Crippen MR) is 142 cm³/mol. The van der Waals surface area contributed by atoms with Crippen LogP contribution in [-0.4, -0.2) is 72.4 Å². The number of benzene rings is 2. The van der Waals surface area contributed by atoms with Gasteiger partial charge in [0.2, 0.25) is 0 Å². The van der Waals surface area contributed by atoms with Crippen LogP contribution >= 0.6 is 0 Å². The molecule has 2 aromatic rings. The summed E-state index contributed by atoms with van der Waals surface area (Å²) in [4.78, 5) is 16.4. The standard InChI is InChI=1S/C31H43N2O3.BrH/c1-31(28-8-4-2-5-9-28,32-18-6-3-7-19-32)30(35)36-29-24-33(21-15-27(29)16-22-33)20-14-25-10-12-26(13-11-25)17-23-34;/h2,4-5,8-13,27,29,34H,3,6-7,14-24H2,1H3;1H/q+1;/p-1/t27?,29-,31+,33?;/m0./s1. The van der Waals surface area contributed by atoms with Crippen molar-refractivity contribution in [3.05, 3.63) is 71.3 Å². The van der Waals surface area contributed by atoms with Crippen LogP contribution in [0.1, 0.15) is 55.7 Å². The average molecular weight is 572 g/mol. The second-order valence-electron chi connectivity index (χ2n) is 11.5. The maximum absolute atomic E-state index is 14.0. The van der Waals surface area contributed by atoms with Crippen molar-refractivity contribution >= 4 is 5.97 Å². The molecule has 5 nitrogen and oxygen atoms in total. The molecule has 2 atom stereocenters. The lowest BCUT2D eigenvalue weighted by Gasteiger charge is -2.53. The third-order valence-corrected chi connectivity index (χ3v) is 9.32. The van der Waals surface area contributed by atoms with E-state index in [-0.39, 0.29) is 35.7 Å². The number of hydrogen-bond donors (Lipinski definition) is 1. The van der Waals surface area contributed by atoms with Gasteiger partial charge in [0, 0.05) is 31.8 Å². The predicted octanol–water partition coefficient (Wildman–Crippen LogP) is 1.32. The summed E-state index contributed by atoms with van der Waals surface area (Å²) in [5, 5.41) is 9.17. The Balaban J connectivity index is 0.00000320. The van der Waals surface area contributed by atoms with Crippen LogP contribution in [0, 0.1) is 5.92 Å². The third-order valence-electron chi connectivity index (χ3n) is 9.32. The lowest BCUT2D eigenvalue weighted by Crippen LogP contribution is -3.00. The molecule has 6 rings (SSSR count). The molecular weight excluding hydrogens is 528 g/mol. The number of hydrogen-bond acceptors (Lipinski definition) is 4. The van der Waals surface area contributed by atoms with E-state index in [2.05, 4.69) is 48.2 Å². The van der Waals surface area contributed by atoms with Crippen molar-refractivity contribution in [3.8, 4) is 0 Å². The van der Waals surface area contributed by atoms with Crippen molar-refractivity contribution in [2.75, 3.05) is 45.9 Å². The second-order valence-corrected chi connectivity index (χ2v) is 11.5. The number of carbonyl (C=O) groups excluding carboxylic acids is 1. The van der Waals surface area contributed by atoms with Crippen LogP contribution < -0.4 is 17.0 Å².